The largest absolute Gasteiger partial charge is 0.453 e. The Balaban J connectivity index is 0. The highest BCUT2D eigenvalue weighted by Crippen LogP contribution is 2.44. The van der Waals surface area contributed by atoms with Crippen LogP contribution in [0.1, 0.15) is 58.8 Å². The molecule has 0 amide bonds. The molecule has 3 unspecified atom stereocenters. The summed E-state index contributed by atoms with van der Waals surface area (Å²) in [5.74, 6) is -13.0. The molecule has 2 N–H and O–H groups in total. The minimum atomic E-state index is -5.97. The molecule has 0 bridgehead atoms. The number of alkyl halides is 18. The summed E-state index contributed by atoms with van der Waals surface area (Å²) in [6.07, 6.45) is -32.0. The van der Waals surface area contributed by atoms with Crippen LogP contribution in [0.3, 0.4) is 0 Å². The zero-order valence-electron chi connectivity index (χ0n) is 24.9. The summed E-state index contributed by atoms with van der Waals surface area (Å²) in [6, 6.07) is 0. The van der Waals surface area contributed by atoms with Gasteiger partial charge in [0.25, 0.3) is 5.92 Å². The molecule has 0 aliphatic carbocycles. The molecule has 292 valence electrons. The summed E-state index contributed by atoms with van der Waals surface area (Å²) in [5.41, 5.74) is 0. The van der Waals surface area contributed by atoms with E-state index in [-0.39, 0.29) is 13.0 Å². The van der Waals surface area contributed by atoms with Gasteiger partial charge in [-0.25, -0.2) is 17.6 Å². The van der Waals surface area contributed by atoms with Crippen LogP contribution >= 0.6 is 0 Å². The third kappa shape index (κ3) is 27.3. The number of hydrogen-bond donors (Lipinski definition) is 2. The average molecular weight is 760 g/mol. The molecule has 3 atom stereocenters. The molecular weight excluding hydrogens is 726 g/mol. The van der Waals surface area contributed by atoms with Crippen LogP contribution in [0.5, 0.6) is 0 Å². The fraction of sp³-hybridized carbons (Fsp3) is 1.00. The monoisotopic (exact) mass is 760 g/mol. The van der Waals surface area contributed by atoms with Gasteiger partial charge in [-0.1, -0.05) is 0 Å². The van der Waals surface area contributed by atoms with Crippen molar-refractivity contribution in [2.24, 2.45) is 0 Å². The van der Waals surface area contributed by atoms with Gasteiger partial charge in [-0.05, 0) is 26.7 Å². The Morgan fingerprint density at radius 2 is 1.17 bits per heavy atom. The van der Waals surface area contributed by atoms with Gasteiger partial charge < -0.3 is 29.2 Å². The normalized spacial score (nSPS) is 19.1. The molecule has 1 heterocycles. The predicted molar refractivity (Wildman–Crippen MR) is 126 cm³/mol. The van der Waals surface area contributed by atoms with E-state index in [9.17, 15) is 79.0 Å². The van der Waals surface area contributed by atoms with E-state index in [1.54, 1.807) is 0 Å². The number of halogens is 18. The lowest BCUT2D eigenvalue weighted by Crippen LogP contribution is -2.42. The van der Waals surface area contributed by atoms with Crippen LogP contribution in [-0.4, -0.2) is 104 Å². The van der Waals surface area contributed by atoms with Gasteiger partial charge in [0.1, 0.15) is 13.2 Å². The van der Waals surface area contributed by atoms with E-state index in [0.717, 1.165) is 6.92 Å². The standard InChI is InChI=1S/C10H13F7O2.C8H13F5O2.C6H8F6O2/c1-6-18-4-7(19-6)2-3-8(11,12)5-9(13,14)10(15,16)17;9-7(10,2-1-6(15)5-14)3-4-8(11,12)13;1-4(13-2-5(7,8)9)14-3-6(10,11)12/h6-7H,2-5H2,1H3;6,14-15H,1-5H2;4H,2-3H2,1H3. The molecule has 0 radical (unpaired) electrons. The molecule has 0 spiro atoms. The van der Waals surface area contributed by atoms with Gasteiger partial charge in [0.15, 0.2) is 12.6 Å². The van der Waals surface area contributed by atoms with Gasteiger partial charge in [-0.2, -0.15) is 61.5 Å². The molecule has 0 aromatic heterocycles. The molecule has 0 aromatic rings. The van der Waals surface area contributed by atoms with Crippen LogP contribution in [0, 0.1) is 0 Å². The lowest BCUT2D eigenvalue weighted by atomic mass is 10.0. The van der Waals surface area contributed by atoms with Crippen molar-refractivity contribution >= 4 is 0 Å². The highest BCUT2D eigenvalue weighted by Gasteiger charge is 2.61. The van der Waals surface area contributed by atoms with E-state index in [1.165, 1.54) is 6.92 Å². The van der Waals surface area contributed by atoms with Gasteiger partial charge >= 0.3 is 30.6 Å². The molecule has 1 saturated heterocycles. The minimum Gasteiger partial charge on any atom is -0.394 e. The van der Waals surface area contributed by atoms with Crippen LogP contribution in [0.15, 0.2) is 0 Å². The maximum Gasteiger partial charge on any atom is 0.453 e. The number of hydrogen-bond acceptors (Lipinski definition) is 6. The van der Waals surface area contributed by atoms with E-state index in [0.29, 0.717) is 0 Å². The molecule has 0 aromatic carbocycles. The summed E-state index contributed by atoms with van der Waals surface area (Å²) in [7, 11) is 0. The molecule has 1 rings (SSSR count). The average Bonchev–Trinajstić information content (AvgIpc) is 3.30. The van der Waals surface area contributed by atoms with Gasteiger partial charge in [-0.15, -0.1) is 0 Å². The first-order chi connectivity index (χ1) is 21.2. The summed E-state index contributed by atoms with van der Waals surface area (Å²) >= 11 is 0. The number of aliphatic hydroxyl groups excluding tert-OH is 2. The Hall–Kier alpha value is -1.50. The lowest BCUT2D eigenvalue weighted by Gasteiger charge is -2.25. The highest BCUT2D eigenvalue weighted by molar-refractivity contribution is 4.84. The molecule has 6 nitrogen and oxygen atoms in total. The Kier molecular flexibility index (Phi) is 20.0. The maximum atomic E-state index is 13.1. The first kappa shape index (κ1) is 48.6. The zero-order chi connectivity index (χ0) is 38.4. The van der Waals surface area contributed by atoms with E-state index in [2.05, 4.69) is 9.47 Å². The van der Waals surface area contributed by atoms with E-state index in [1.807, 2.05) is 0 Å². The maximum absolute atomic E-state index is 13.1. The van der Waals surface area contributed by atoms with Crippen LogP contribution < -0.4 is 0 Å². The minimum absolute atomic E-state index is 0.0207. The van der Waals surface area contributed by atoms with Crippen molar-refractivity contribution in [3.8, 4) is 0 Å². The smallest absolute Gasteiger partial charge is 0.394 e. The molecule has 0 saturated carbocycles. The molecular formula is C24H34F18O6. The van der Waals surface area contributed by atoms with Crippen LogP contribution in [0.4, 0.5) is 79.0 Å². The summed E-state index contributed by atoms with van der Waals surface area (Å²) in [6.45, 7) is -1.44. The van der Waals surface area contributed by atoms with Crippen LogP contribution in [0.25, 0.3) is 0 Å². The lowest BCUT2D eigenvalue weighted by molar-refractivity contribution is -0.301. The number of aliphatic hydroxyl groups is 2. The molecule has 1 aliphatic heterocycles. The van der Waals surface area contributed by atoms with E-state index in [4.69, 9.17) is 19.7 Å². The molecule has 48 heavy (non-hydrogen) atoms. The summed E-state index contributed by atoms with van der Waals surface area (Å²) < 4.78 is 234. The van der Waals surface area contributed by atoms with Crippen molar-refractivity contribution in [3.63, 3.8) is 0 Å². The quantitative estimate of drug-likeness (QED) is 0.129. The van der Waals surface area contributed by atoms with Gasteiger partial charge in [0, 0.05) is 25.7 Å². The number of rotatable bonds is 15. The molecule has 1 fully saturated rings. The topological polar surface area (TPSA) is 77.4 Å². The first-order valence-corrected chi connectivity index (χ1v) is 13.4. The van der Waals surface area contributed by atoms with E-state index >= 15 is 0 Å². The fourth-order valence-corrected chi connectivity index (χ4v) is 3.02. The highest BCUT2D eigenvalue weighted by atomic mass is 19.4. The van der Waals surface area contributed by atoms with Crippen molar-refractivity contribution in [3.05, 3.63) is 0 Å². The summed E-state index contributed by atoms with van der Waals surface area (Å²) in [5, 5.41) is 17.1. The SMILES string of the molecule is CC(OCC(F)(F)F)OCC(F)(F)F.CC1OCC(CCC(F)(F)CC(F)(F)C(F)(F)F)O1.OCC(O)CCC(F)(F)CCC(F)(F)F. The third-order valence-electron chi connectivity index (χ3n) is 5.42. The van der Waals surface area contributed by atoms with Crippen LogP contribution in [0.2, 0.25) is 0 Å². The zero-order valence-corrected chi connectivity index (χ0v) is 24.9. The van der Waals surface area contributed by atoms with Crippen molar-refractivity contribution in [1.82, 2.24) is 0 Å². The van der Waals surface area contributed by atoms with Crippen LogP contribution in [-0.2, 0) is 18.9 Å². The Morgan fingerprint density at radius 1 is 0.688 bits per heavy atom. The number of ether oxygens (including phenoxy) is 4. The van der Waals surface area contributed by atoms with Crippen molar-refractivity contribution < 1.29 is 108 Å². The van der Waals surface area contributed by atoms with Gasteiger partial charge in [0.05, 0.1) is 31.8 Å². The van der Waals surface area contributed by atoms with Crippen molar-refractivity contribution in [2.75, 3.05) is 26.4 Å². The second-order valence-electron chi connectivity index (χ2n) is 10.2. The van der Waals surface area contributed by atoms with Gasteiger partial charge in [0.2, 0.25) is 5.92 Å². The van der Waals surface area contributed by atoms with E-state index < -0.39 is 126 Å². The second kappa shape index (κ2) is 19.8. The Bertz CT molecular complexity index is 842. The third-order valence-corrected chi connectivity index (χ3v) is 5.42. The van der Waals surface area contributed by atoms with Gasteiger partial charge in [-0.3, -0.25) is 0 Å². The van der Waals surface area contributed by atoms with Crippen molar-refractivity contribution in [1.29, 1.82) is 0 Å². The second-order valence-corrected chi connectivity index (χ2v) is 10.2. The Morgan fingerprint density at radius 3 is 1.52 bits per heavy atom. The first-order valence-electron chi connectivity index (χ1n) is 13.4. The molecule has 24 heteroatoms. The molecule has 1 aliphatic rings. The predicted octanol–water partition coefficient (Wildman–Crippen LogP) is 8.34. The Labute approximate surface area is 261 Å². The fourth-order valence-electron chi connectivity index (χ4n) is 3.02. The van der Waals surface area contributed by atoms with Crippen molar-refractivity contribution in [2.45, 2.75) is 126 Å². The summed E-state index contributed by atoms with van der Waals surface area (Å²) in [4.78, 5) is 0.